The molecule has 0 saturated heterocycles. The minimum Gasteiger partial charge on any atom is -0.375 e. The van der Waals surface area contributed by atoms with Crippen LogP contribution in [0.25, 0.3) is 11.0 Å². The first-order chi connectivity index (χ1) is 12.5. The third-order valence-corrected chi connectivity index (χ3v) is 4.61. The number of aromatic nitrogens is 2. The van der Waals surface area contributed by atoms with Gasteiger partial charge in [-0.1, -0.05) is 29.8 Å². The Kier molecular flexibility index (Phi) is 5.38. The predicted molar refractivity (Wildman–Crippen MR) is 103 cm³/mol. The number of hydrogen-bond donors (Lipinski definition) is 1. The number of benzene rings is 2. The van der Waals surface area contributed by atoms with E-state index in [4.69, 9.17) is 9.72 Å². The molecular weight excluding hydrogens is 326 g/mol. The minimum absolute atomic E-state index is 0.0520. The fraction of sp³-hybridized carbons (Fsp3) is 0.333. The molecule has 1 N–H and O–H groups in total. The molecular formula is C21H25N3O2. The van der Waals surface area contributed by atoms with Crippen molar-refractivity contribution in [2.45, 2.75) is 33.9 Å². The van der Waals surface area contributed by atoms with E-state index in [0.29, 0.717) is 6.54 Å². The highest BCUT2D eigenvalue weighted by molar-refractivity contribution is 5.78. The molecule has 0 radical (unpaired) electrons. The van der Waals surface area contributed by atoms with Crippen molar-refractivity contribution in [1.82, 2.24) is 14.9 Å². The van der Waals surface area contributed by atoms with Crippen molar-refractivity contribution in [2.75, 3.05) is 13.7 Å². The first-order valence-electron chi connectivity index (χ1n) is 8.76. The van der Waals surface area contributed by atoms with Gasteiger partial charge in [-0.3, -0.25) is 4.79 Å². The van der Waals surface area contributed by atoms with Gasteiger partial charge in [-0.25, -0.2) is 4.98 Å². The lowest BCUT2D eigenvalue weighted by Gasteiger charge is -2.15. The second kappa shape index (κ2) is 7.70. The molecule has 1 aromatic heterocycles. The highest BCUT2D eigenvalue weighted by Crippen LogP contribution is 2.22. The maximum absolute atomic E-state index is 11.8. The lowest BCUT2D eigenvalue weighted by molar-refractivity contribution is -0.124. The molecule has 0 unspecified atom stereocenters. The van der Waals surface area contributed by atoms with Crippen LogP contribution in [0.5, 0.6) is 0 Å². The molecule has 0 bridgehead atoms. The van der Waals surface area contributed by atoms with E-state index in [9.17, 15) is 4.79 Å². The summed E-state index contributed by atoms with van der Waals surface area (Å²) >= 11 is 0. The molecule has 0 aliphatic carbocycles. The van der Waals surface area contributed by atoms with Crippen LogP contribution < -0.4 is 5.32 Å². The molecule has 3 aromatic rings. The van der Waals surface area contributed by atoms with E-state index < -0.39 is 0 Å². The minimum atomic E-state index is -0.145. The third kappa shape index (κ3) is 3.78. The third-order valence-electron chi connectivity index (χ3n) is 4.61. The van der Waals surface area contributed by atoms with Gasteiger partial charge in [0.1, 0.15) is 12.4 Å². The SMILES string of the molecule is COCC(=O)NCc1nc2ccccc2n1Cc1c(C)cc(C)cc1C. The molecule has 5 nitrogen and oxygen atoms in total. The molecule has 0 fully saturated rings. The molecule has 1 amide bonds. The van der Waals surface area contributed by atoms with Gasteiger partial charge in [0.25, 0.3) is 0 Å². The van der Waals surface area contributed by atoms with Gasteiger partial charge in [-0.05, 0) is 49.6 Å². The summed E-state index contributed by atoms with van der Waals surface area (Å²) in [7, 11) is 1.51. The molecule has 3 rings (SSSR count). The lowest BCUT2D eigenvalue weighted by atomic mass is 9.99. The first-order valence-corrected chi connectivity index (χ1v) is 8.76. The Hall–Kier alpha value is -2.66. The van der Waals surface area contributed by atoms with Gasteiger partial charge in [0.05, 0.1) is 17.6 Å². The number of hydrogen-bond acceptors (Lipinski definition) is 3. The van der Waals surface area contributed by atoms with Crippen LogP contribution in [-0.4, -0.2) is 29.2 Å². The second-order valence-corrected chi connectivity index (χ2v) is 6.69. The van der Waals surface area contributed by atoms with Gasteiger partial charge < -0.3 is 14.6 Å². The van der Waals surface area contributed by atoms with Gasteiger partial charge in [0, 0.05) is 13.7 Å². The molecule has 0 saturated carbocycles. The van der Waals surface area contributed by atoms with Crippen LogP contribution in [0.3, 0.4) is 0 Å². The summed E-state index contributed by atoms with van der Waals surface area (Å²) < 4.78 is 7.07. The zero-order valence-electron chi connectivity index (χ0n) is 15.8. The summed E-state index contributed by atoms with van der Waals surface area (Å²) in [5, 5.41) is 2.88. The average molecular weight is 351 g/mol. The van der Waals surface area contributed by atoms with Gasteiger partial charge in [-0.2, -0.15) is 0 Å². The van der Waals surface area contributed by atoms with Gasteiger partial charge in [0.2, 0.25) is 5.91 Å². The number of ether oxygens (including phenoxy) is 1. The van der Waals surface area contributed by atoms with Gasteiger partial charge in [-0.15, -0.1) is 0 Å². The summed E-state index contributed by atoms with van der Waals surface area (Å²) in [5.74, 6) is 0.698. The van der Waals surface area contributed by atoms with Crippen molar-refractivity contribution in [2.24, 2.45) is 0 Å². The van der Waals surface area contributed by atoms with Crippen LogP contribution in [-0.2, 0) is 22.6 Å². The van der Waals surface area contributed by atoms with Crippen LogP contribution >= 0.6 is 0 Å². The topological polar surface area (TPSA) is 56.1 Å². The summed E-state index contributed by atoms with van der Waals surface area (Å²) in [4.78, 5) is 16.5. The number of methoxy groups -OCH3 is 1. The summed E-state index contributed by atoms with van der Waals surface area (Å²) in [6.07, 6.45) is 0. The number of amides is 1. The van der Waals surface area contributed by atoms with E-state index in [2.05, 4.69) is 48.9 Å². The van der Waals surface area contributed by atoms with Crippen molar-refractivity contribution in [3.8, 4) is 0 Å². The highest BCUT2D eigenvalue weighted by Gasteiger charge is 2.14. The average Bonchev–Trinajstić information content (AvgIpc) is 2.94. The van der Waals surface area contributed by atoms with Crippen LogP contribution in [0.1, 0.15) is 28.1 Å². The Balaban J connectivity index is 1.98. The van der Waals surface area contributed by atoms with E-state index in [1.165, 1.54) is 29.4 Å². The fourth-order valence-electron chi connectivity index (χ4n) is 3.41. The Morgan fingerprint density at radius 1 is 1.15 bits per heavy atom. The smallest absolute Gasteiger partial charge is 0.246 e. The normalized spacial score (nSPS) is 11.1. The molecule has 2 aromatic carbocycles. The largest absolute Gasteiger partial charge is 0.375 e. The standard InChI is InChI=1S/C21H25N3O2/c1-14-9-15(2)17(16(3)10-14)12-24-19-8-6-5-7-18(19)23-20(24)11-22-21(25)13-26-4/h5-10H,11-13H2,1-4H3,(H,22,25). The van der Waals surface area contributed by atoms with E-state index >= 15 is 0 Å². The second-order valence-electron chi connectivity index (χ2n) is 6.69. The quantitative estimate of drug-likeness (QED) is 0.741. The molecule has 5 heteroatoms. The molecule has 0 spiro atoms. The molecule has 0 aliphatic heterocycles. The van der Waals surface area contributed by atoms with E-state index in [0.717, 1.165) is 23.4 Å². The van der Waals surface area contributed by atoms with Crippen molar-refractivity contribution in [3.63, 3.8) is 0 Å². The van der Waals surface area contributed by atoms with E-state index in [1.807, 2.05) is 18.2 Å². The van der Waals surface area contributed by atoms with Crippen molar-refractivity contribution in [1.29, 1.82) is 0 Å². The summed E-state index contributed by atoms with van der Waals surface area (Å²) in [5.41, 5.74) is 7.12. The number of nitrogens with one attached hydrogen (secondary N) is 1. The van der Waals surface area contributed by atoms with Gasteiger partial charge in [0.15, 0.2) is 0 Å². The maximum atomic E-state index is 11.8. The first kappa shape index (κ1) is 18.1. The Labute approximate surface area is 154 Å². The Morgan fingerprint density at radius 2 is 1.85 bits per heavy atom. The summed E-state index contributed by atoms with van der Waals surface area (Å²) in [6, 6.07) is 12.5. The zero-order chi connectivity index (χ0) is 18.7. The zero-order valence-corrected chi connectivity index (χ0v) is 15.8. The van der Waals surface area contributed by atoms with E-state index in [1.54, 1.807) is 0 Å². The molecule has 0 atom stereocenters. The monoisotopic (exact) mass is 351 g/mol. The van der Waals surface area contributed by atoms with Crippen molar-refractivity contribution >= 4 is 16.9 Å². The number of rotatable bonds is 6. The highest BCUT2D eigenvalue weighted by atomic mass is 16.5. The Bertz CT molecular complexity index is 921. The number of carbonyl (C=O) groups excluding carboxylic acids is 1. The van der Waals surface area contributed by atoms with Crippen LogP contribution in [0.15, 0.2) is 36.4 Å². The molecule has 26 heavy (non-hydrogen) atoms. The Morgan fingerprint density at radius 3 is 2.54 bits per heavy atom. The van der Waals surface area contributed by atoms with Crippen LogP contribution in [0, 0.1) is 20.8 Å². The summed E-state index contributed by atoms with van der Waals surface area (Å²) in [6.45, 7) is 7.57. The van der Waals surface area contributed by atoms with Crippen molar-refractivity contribution < 1.29 is 9.53 Å². The number of para-hydroxylation sites is 2. The van der Waals surface area contributed by atoms with Gasteiger partial charge >= 0.3 is 0 Å². The number of fused-ring (bicyclic) bond motifs is 1. The maximum Gasteiger partial charge on any atom is 0.246 e. The number of carbonyl (C=O) groups is 1. The number of nitrogens with zero attached hydrogens (tertiary/aromatic N) is 2. The van der Waals surface area contributed by atoms with E-state index in [-0.39, 0.29) is 12.5 Å². The van der Waals surface area contributed by atoms with Crippen LogP contribution in [0.4, 0.5) is 0 Å². The van der Waals surface area contributed by atoms with Crippen LogP contribution in [0.2, 0.25) is 0 Å². The predicted octanol–water partition coefficient (Wildman–Crippen LogP) is 3.27. The molecule has 0 aliphatic rings. The molecule has 1 heterocycles. The molecule has 136 valence electrons. The fourth-order valence-corrected chi connectivity index (χ4v) is 3.41. The van der Waals surface area contributed by atoms with Crippen molar-refractivity contribution in [3.05, 3.63) is 64.5 Å². The number of imidazole rings is 1. The lowest BCUT2D eigenvalue weighted by Crippen LogP contribution is -2.28. The number of aryl methyl sites for hydroxylation is 3.